The number of carboxylic acid groups (broad SMARTS) is 1. The molecule has 4 rings (SSSR count). The zero-order chi connectivity index (χ0) is 23.4. The highest BCUT2D eigenvalue weighted by Gasteiger charge is 2.32. The molecule has 0 unspecified atom stereocenters. The van der Waals surface area contributed by atoms with Gasteiger partial charge in [0.1, 0.15) is 12.6 Å². The van der Waals surface area contributed by atoms with Crippen molar-refractivity contribution < 1.29 is 29.3 Å². The van der Waals surface area contributed by atoms with Gasteiger partial charge in [-0.3, -0.25) is 4.79 Å². The molecule has 1 fully saturated rings. The average Bonchev–Trinajstić information content (AvgIpc) is 3.14. The van der Waals surface area contributed by atoms with Crippen LogP contribution in [-0.2, 0) is 14.3 Å². The Morgan fingerprint density at radius 3 is 2.24 bits per heavy atom. The topological polar surface area (TPSA) is 125 Å². The lowest BCUT2D eigenvalue weighted by Crippen LogP contribution is -2.48. The van der Waals surface area contributed by atoms with Gasteiger partial charge in [-0.2, -0.15) is 0 Å². The van der Waals surface area contributed by atoms with Gasteiger partial charge >= 0.3 is 12.1 Å². The number of ether oxygens (including phenoxy) is 1. The Kier molecular flexibility index (Phi) is 6.93. The molecule has 0 radical (unpaired) electrons. The van der Waals surface area contributed by atoms with Crippen molar-refractivity contribution >= 4 is 18.0 Å². The van der Waals surface area contributed by atoms with Crippen molar-refractivity contribution in [3.63, 3.8) is 0 Å². The van der Waals surface area contributed by atoms with E-state index in [0.717, 1.165) is 35.1 Å². The highest BCUT2D eigenvalue weighted by molar-refractivity contribution is 5.85. The zero-order valence-corrected chi connectivity index (χ0v) is 18.2. The summed E-state index contributed by atoms with van der Waals surface area (Å²) >= 11 is 0. The van der Waals surface area contributed by atoms with E-state index < -0.39 is 36.5 Å². The van der Waals surface area contributed by atoms with Crippen molar-refractivity contribution in [1.29, 1.82) is 0 Å². The minimum atomic E-state index is -1.33. The van der Waals surface area contributed by atoms with E-state index in [1.54, 1.807) is 0 Å². The van der Waals surface area contributed by atoms with Crippen LogP contribution in [0.3, 0.4) is 0 Å². The van der Waals surface area contributed by atoms with Gasteiger partial charge in [0.2, 0.25) is 5.91 Å². The highest BCUT2D eigenvalue weighted by Crippen LogP contribution is 2.44. The van der Waals surface area contributed by atoms with Crippen LogP contribution in [0.1, 0.15) is 42.7 Å². The molecule has 2 aliphatic rings. The third-order valence-corrected chi connectivity index (χ3v) is 6.51. The summed E-state index contributed by atoms with van der Waals surface area (Å²) in [6, 6.07) is 14.7. The summed E-state index contributed by atoms with van der Waals surface area (Å²) in [6.07, 6.45) is 1.92. The molecule has 2 aromatic rings. The highest BCUT2D eigenvalue weighted by atomic mass is 16.5. The largest absolute Gasteiger partial charge is 0.480 e. The smallest absolute Gasteiger partial charge is 0.407 e. The van der Waals surface area contributed by atoms with Crippen LogP contribution in [0.5, 0.6) is 0 Å². The minimum absolute atomic E-state index is 0.0283. The van der Waals surface area contributed by atoms with Gasteiger partial charge in [-0.15, -0.1) is 0 Å². The molecule has 8 heteroatoms. The van der Waals surface area contributed by atoms with E-state index in [1.807, 2.05) is 24.3 Å². The Labute approximate surface area is 192 Å². The fraction of sp³-hybridized carbons (Fsp3) is 0.400. The molecule has 0 aromatic heterocycles. The second-order valence-corrected chi connectivity index (χ2v) is 8.61. The number of hydrogen-bond donors (Lipinski definition) is 4. The van der Waals surface area contributed by atoms with E-state index in [4.69, 9.17) is 14.9 Å². The summed E-state index contributed by atoms with van der Waals surface area (Å²) in [5, 5.41) is 23.3. The molecular weight excluding hydrogens is 424 g/mol. The van der Waals surface area contributed by atoms with Gasteiger partial charge in [0.05, 0.1) is 6.61 Å². The molecule has 1 saturated carbocycles. The fourth-order valence-corrected chi connectivity index (χ4v) is 4.84. The van der Waals surface area contributed by atoms with Gasteiger partial charge in [-0.25, -0.2) is 9.59 Å². The predicted octanol–water partition coefficient (Wildman–Crippen LogP) is 2.65. The lowest BCUT2D eigenvalue weighted by molar-refractivity contribution is -0.143. The maximum atomic E-state index is 12.5. The number of benzene rings is 2. The van der Waals surface area contributed by atoms with Crippen molar-refractivity contribution in [2.75, 3.05) is 13.2 Å². The molecule has 2 aromatic carbocycles. The fourth-order valence-electron chi connectivity index (χ4n) is 4.84. The number of alkyl carbamates (subject to hydrolysis) is 1. The van der Waals surface area contributed by atoms with Crippen LogP contribution in [0, 0.1) is 5.92 Å². The van der Waals surface area contributed by atoms with E-state index in [-0.39, 0.29) is 18.6 Å². The van der Waals surface area contributed by atoms with Crippen LogP contribution in [0.25, 0.3) is 11.1 Å². The molecule has 2 amide bonds. The molecule has 4 N–H and O–H groups in total. The van der Waals surface area contributed by atoms with Gasteiger partial charge in [-0.05, 0) is 41.5 Å². The van der Waals surface area contributed by atoms with Crippen LogP contribution in [-0.4, -0.2) is 53.5 Å². The maximum Gasteiger partial charge on any atom is 0.407 e. The summed E-state index contributed by atoms with van der Waals surface area (Å²) in [7, 11) is 0. The first kappa shape index (κ1) is 22.8. The number of carbonyl (C=O) groups excluding carboxylic acids is 2. The Morgan fingerprint density at radius 2 is 1.64 bits per heavy atom. The first-order valence-electron chi connectivity index (χ1n) is 11.2. The monoisotopic (exact) mass is 452 g/mol. The number of carbonyl (C=O) groups is 3. The van der Waals surface area contributed by atoms with Crippen molar-refractivity contribution in [2.24, 2.45) is 5.92 Å². The number of aliphatic hydroxyl groups excluding tert-OH is 1. The lowest BCUT2D eigenvalue weighted by Gasteiger charge is -2.29. The number of aliphatic hydroxyl groups is 1. The quantitative estimate of drug-likeness (QED) is 0.512. The number of fused-ring (bicyclic) bond motifs is 3. The van der Waals surface area contributed by atoms with Gasteiger partial charge in [0, 0.05) is 17.9 Å². The number of aliphatic carboxylic acids is 1. The van der Waals surface area contributed by atoms with Crippen molar-refractivity contribution in [3.05, 3.63) is 59.7 Å². The molecule has 3 atom stereocenters. The van der Waals surface area contributed by atoms with Crippen LogP contribution >= 0.6 is 0 Å². The second kappa shape index (κ2) is 10.0. The number of rotatable bonds is 7. The molecule has 2 aliphatic carbocycles. The van der Waals surface area contributed by atoms with Gasteiger partial charge in [0.15, 0.2) is 0 Å². The summed E-state index contributed by atoms with van der Waals surface area (Å²) in [5.41, 5.74) is 4.59. The Bertz CT molecular complexity index is 994. The zero-order valence-electron chi connectivity index (χ0n) is 18.2. The van der Waals surface area contributed by atoms with Crippen LogP contribution in [0.15, 0.2) is 48.5 Å². The second-order valence-electron chi connectivity index (χ2n) is 8.61. The number of amides is 2. The van der Waals surface area contributed by atoms with Crippen molar-refractivity contribution in [3.8, 4) is 11.1 Å². The number of hydrogen-bond acceptors (Lipinski definition) is 5. The SMILES string of the molecule is O=C(N[C@@H]1CCC[C@H](C(=O)N[C@@H](CO)C(=O)O)C1)OCC1c2ccccc2-c2ccccc21. The minimum Gasteiger partial charge on any atom is -0.480 e. The van der Waals surface area contributed by atoms with E-state index in [2.05, 4.69) is 34.9 Å². The van der Waals surface area contributed by atoms with Gasteiger partial charge in [-0.1, -0.05) is 55.0 Å². The molecule has 0 aliphatic heterocycles. The molecule has 0 heterocycles. The summed E-state index contributed by atoms with van der Waals surface area (Å²) in [4.78, 5) is 36.0. The summed E-state index contributed by atoms with van der Waals surface area (Å²) in [5.74, 6) is -2.16. The van der Waals surface area contributed by atoms with Gasteiger partial charge < -0.3 is 25.6 Å². The van der Waals surface area contributed by atoms with E-state index in [9.17, 15) is 14.4 Å². The Balaban J connectivity index is 1.32. The molecule has 0 saturated heterocycles. The van der Waals surface area contributed by atoms with E-state index in [1.165, 1.54) is 0 Å². The first-order chi connectivity index (χ1) is 16.0. The molecular formula is C25H28N2O6. The number of nitrogens with one attached hydrogen (secondary N) is 2. The van der Waals surface area contributed by atoms with E-state index in [0.29, 0.717) is 12.8 Å². The summed E-state index contributed by atoms with van der Waals surface area (Å²) < 4.78 is 5.59. The van der Waals surface area contributed by atoms with Crippen LogP contribution in [0.4, 0.5) is 4.79 Å². The summed E-state index contributed by atoms with van der Waals surface area (Å²) in [6.45, 7) is -0.456. The Morgan fingerprint density at radius 1 is 1.00 bits per heavy atom. The normalized spacial score (nSPS) is 20.3. The standard InChI is InChI=1S/C25H28N2O6/c28-13-22(24(30)31)27-23(29)15-6-5-7-16(12-15)26-25(32)33-14-21-19-10-3-1-8-17(19)18-9-2-4-11-20(18)21/h1-4,8-11,15-16,21-22,28H,5-7,12-14H2,(H,26,32)(H,27,29)(H,30,31)/t15-,16+,22-/m0/s1. The van der Waals surface area contributed by atoms with Crippen LogP contribution < -0.4 is 10.6 Å². The maximum absolute atomic E-state index is 12.5. The molecule has 174 valence electrons. The van der Waals surface area contributed by atoms with Crippen molar-refractivity contribution in [2.45, 2.75) is 43.7 Å². The molecule has 0 bridgehead atoms. The predicted molar refractivity (Wildman–Crippen MR) is 121 cm³/mol. The molecule has 33 heavy (non-hydrogen) atoms. The van der Waals surface area contributed by atoms with E-state index >= 15 is 0 Å². The van der Waals surface area contributed by atoms with Gasteiger partial charge in [0.25, 0.3) is 0 Å². The lowest BCUT2D eigenvalue weighted by atomic mass is 9.85. The first-order valence-corrected chi connectivity index (χ1v) is 11.2. The molecule has 0 spiro atoms. The Hall–Kier alpha value is -3.39. The third-order valence-electron chi connectivity index (χ3n) is 6.51. The average molecular weight is 453 g/mol. The molecule has 8 nitrogen and oxygen atoms in total. The van der Waals surface area contributed by atoms with Crippen LogP contribution in [0.2, 0.25) is 0 Å². The number of carboxylic acids is 1. The van der Waals surface area contributed by atoms with Crippen molar-refractivity contribution in [1.82, 2.24) is 10.6 Å². The third kappa shape index (κ3) is 5.01.